The van der Waals surface area contributed by atoms with Crippen LogP contribution in [0.25, 0.3) is 0 Å². The van der Waals surface area contributed by atoms with E-state index in [-0.39, 0.29) is 36.6 Å². The number of nitrogens with one attached hydrogen (secondary N) is 1. The van der Waals surface area contributed by atoms with Crippen molar-refractivity contribution in [3.63, 3.8) is 0 Å². The zero-order valence-electron chi connectivity index (χ0n) is 14.6. The van der Waals surface area contributed by atoms with Crippen LogP contribution >= 0.6 is 24.8 Å². The van der Waals surface area contributed by atoms with E-state index in [1.54, 1.807) is 0 Å². The highest BCUT2D eigenvalue weighted by molar-refractivity contribution is 5.85. The molecule has 3 unspecified atom stereocenters. The molecule has 3 fully saturated rings. The van der Waals surface area contributed by atoms with Gasteiger partial charge in [-0.05, 0) is 44.4 Å². The fraction of sp³-hybridized carbons (Fsp3) is 0.941. The van der Waals surface area contributed by atoms with Gasteiger partial charge in [-0.15, -0.1) is 24.8 Å². The molecule has 2 bridgehead atoms. The predicted molar refractivity (Wildman–Crippen MR) is 101 cm³/mol. The lowest BCUT2D eigenvalue weighted by molar-refractivity contribution is -0.128. The number of halogens is 2. The molecule has 24 heavy (non-hydrogen) atoms. The van der Waals surface area contributed by atoms with Gasteiger partial charge in [0, 0.05) is 37.6 Å². The molecule has 0 aromatic carbocycles. The van der Waals surface area contributed by atoms with Gasteiger partial charge in [0.15, 0.2) is 0 Å². The number of amides is 1. The van der Waals surface area contributed by atoms with E-state index in [0.29, 0.717) is 23.9 Å². The van der Waals surface area contributed by atoms with Crippen molar-refractivity contribution >= 4 is 30.7 Å². The third-order valence-electron chi connectivity index (χ3n) is 5.99. The molecule has 0 spiro atoms. The van der Waals surface area contributed by atoms with Crippen LogP contribution in [0.3, 0.4) is 0 Å². The second-order valence-electron chi connectivity index (χ2n) is 7.45. The first-order valence-corrected chi connectivity index (χ1v) is 9.00. The molecule has 0 aromatic rings. The molecule has 2 aliphatic carbocycles. The van der Waals surface area contributed by atoms with Crippen LogP contribution in [0.1, 0.15) is 39.0 Å². The van der Waals surface area contributed by atoms with E-state index in [0.717, 1.165) is 45.7 Å². The number of carbonyl (C=O) groups excluding carboxylic acids is 1. The van der Waals surface area contributed by atoms with Crippen molar-refractivity contribution in [1.29, 1.82) is 0 Å². The van der Waals surface area contributed by atoms with Crippen LogP contribution in [-0.2, 0) is 9.53 Å². The summed E-state index contributed by atoms with van der Waals surface area (Å²) in [5, 5.41) is 3.16. The maximum Gasteiger partial charge on any atom is 0.223 e. The number of hydrogen-bond donors (Lipinski definition) is 2. The van der Waals surface area contributed by atoms with E-state index in [1.165, 1.54) is 19.3 Å². The summed E-state index contributed by atoms with van der Waals surface area (Å²) in [6, 6.07) is 0.796. The average molecular weight is 382 g/mol. The summed E-state index contributed by atoms with van der Waals surface area (Å²) in [5.74, 6) is 1.59. The highest BCUT2D eigenvalue weighted by Gasteiger charge is 2.40. The Bertz CT molecular complexity index is 386. The number of rotatable bonds is 4. The van der Waals surface area contributed by atoms with Gasteiger partial charge in [0.25, 0.3) is 0 Å². The SMILES string of the molecule is CC1COCCN1CCNC(=O)C1CC2CCCC(C1)C2N.Cl.Cl. The lowest BCUT2D eigenvalue weighted by Gasteiger charge is -2.43. The summed E-state index contributed by atoms with van der Waals surface area (Å²) in [6.45, 7) is 6.45. The minimum atomic E-state index is 0. The van der Waals surface area contributed by atoms with Gasteiger partial charge < -0.3 is 15.8 Å². The molecule has 2 saturated carbocycles. The minimum absolute atomic E-state index is 0. The van der Waals surface area contributed by atoms with Crippen molar-refractivity contribution in [3.05, 3.63) is 0 Å². The molecule has 0 aromatic heterocycles. The molecule has 5 nitrogen and oxygen atoms in total. The minimum Gasteiger partial charge on any atom is -0.379 e. The highest BCUT2D eigenvalue weighted by Crippen LogP contribution is 2.41. The van der Waals surface area contributed by atoms with E-state index < -0.39 is 0 Å². The Balaban J connectivity index is 0.00000144. The second kappa shape index (κ2) is 10.2. The molecule has 3 atom stereocenters. The van der Waals surface area contributed by atoms with Gasteiger partial charge in [0.05, 0.1) is 13.2 Å². The first-order valence-electron chi connectivity index (χ1n) is 9.00. The zero-order valence-corrected chi connectivity index (χ0v) is 16.2. The van der Waals surface area contributed by atoms with E-state index in [4.69, 9.17) is 10.5 Å². The molecular weight excluding hydrogens is 349 g/mol. The van der Waals surface area contributed by atoms with Crippen molar-refractivity contribution in [3.8, 4) is 0 Å². The molecule has 7 heteroatoms. The van der Waals surface area contributed by atoms with Crippen LogP contribution in [0.15, 0.2) is 0 Å². The van der Waals surface area contributed by atoms with Crippen molar-refractivity contribution in [1.82, 2.24) is 10.2 Å². The molecular formula is C17H33Cl2N3O2. The predicted octanol–water partition coefficient (Wildman–Crippen LogP) is 1.82. The number of nitrogens with two attached hydrogens (primary N) is 1. The Morgan fingerprint density at radius 1 is 1.25 bits per heavy atom. The Morgan fingerprint density at radius 2 is 1.92 bits per heavy atom. The van der Waals surface area contributed by atoms with Gasteiger partial charge in [0.1, 0.15) is 0 Å². The van der Waals surface area contributed by atoms with Crippen LogP contribution in [0.4, 0.5) is 0 Å². The average Bonchev–Trinajstić information content (AvgIpc) is 2.49. The maximum absolute atomic E-state index is 12.5. The van der Waals surface area contributed by atoms with Crippen molar-refractivity contribution in [2.24, 2.45) is 23.5 Å². The molecule has 3 rings (SSSR count). The number of nitrogens with zero attached hydrogens (tertiary/aromatic N) is 1. The van der Waals surface area contributed by atoms with E-state index in [1.807, 2.05) is 0 Å². The molecule has 3 N–H and O–H groups in total. The quantitative estimate of drug-likeness (QED) is 0.779. The number of carbonyl (C=O) groups is 1. The van der Waals surface area contributed by atoms with Crippen LogP contribution in [0.5, 0.6) is 0 Å². The topological polar surface area (TPSA) is 67.6 Å². The molecule has 1 aliphatic heterocycles. The fourth-order valence-electron chi connectivity index (χ4n) is 4.56. The molecule has 1 saturated heterocycles. The van der Waals surface area contributed by atoms with E-state index >= 15 is 0 Å². The normalized spacial score (nSPS) is 36.2. The first-order chi connectivity index (χ1) is 10.6. The lowest BCUT2D eigenvalue weighted by atomic mass is 9.65. The van der Waals surface area contributed by atoms with Crippen LogP contribution in [0, 0.1) is 17.8 Å². The fourth-order valence-corrected chi connectivity index (χ4v) is 4.56. The zero-order chi connectivity index (χ0) is 15.5. The smallest absolute Gasteiger partial charge is 0.223 e. The van der Waals surface area contributed by atoms with Crippen molar-refractivity contribution < 1.29 is 9.53 Å². The maximum atomic E-state index is 12.5. The van der Waals surface area contributed by atoms with Crippen LogP contribution < -0.4 is 11.1 Å². The lowest BCUT2D eigenvalue weighted by Crippen LogP contribution is -2.50. The van der Waals surface area contributed by atoms with Gasteiger partial charge in [-0.3, -0.25) is 9.69 Å². The second-order valence-corrected chi connectivity index (χ2v) is 7.45. The summed E-state index contributed by atoms with van der Waals surface area (Å²) in [4.78, 5) is 14.9. The van der Waals surface area contributed by atoms with Gasteiger partial charge in [-0.1, -0.05) is 6.42 Å². The molecule has 0 radical (unpaired) electrons. The van der Waals surface area contributed by atoms with Crippen LogP contribution in [-0.4, -0.2) is 55.7 Å². The Labute approximate surface area is 158 Å². The number of ether oxygens (including phenoxy) is 1. The molecule has 3 aliphatic rings. The van der Waals surface area contributed by atoms with Crippen LogP contribution in [0.2, 0.25) is 0 Å². The summed E-state index contributed by atoms with van der Waals surface area (Å²) in [5.41, 5.74) is 6.31. The summed E-state index contributed by atoms with van der Waals surface area (Å²) in [7, 11) is 0. The third-order valence-corrected chi connectivity index (χ3v) is 5.99. The Hall–Kier alpha value is -0.0700. The number of morpholine rings is 1. The van der Waals surface area contributed by atoms with Gasteiger partial charge in [-0.2, -0.15) is 0 Å². The van der Waals surface area contributed by atoms with Crippen molar-refractivity contribution in [2.45, 2.75) is 51.1 Å². The summed E-state index contributed by atoms with van der Waals surface area (Å²) < 4.78 is 5.45. The van der Waals surface area contributed by atoms with Gasteiger partial charge in [-0.25, -0.2) is 0 Å². The third kappa shape index (κ3) is 5.21. The van der Waals surface area contributed by atoms with Gasteiger partial charge in [0.2, 0.25) is 5.91 Å². The Morgan fingerprint density at radius 3 is 2.54 bits per heavy atom. The molecule has 1 heterocycles. The molecule has 142 valence electrons. The number of fused-ring (bicyclic) bond motifs is 2. The monoisotopic (exact) mass is 381 g/mol. The van der Waals surface area contributed by atoms with Gasteiger partial charge >= 0.3 is 0 Å². The summed E-state index contributed by atoms with van der Waals surface area (Å²) >= 11 is 0. The number of hydrogen-bond acceptors (Lipinski definition) is 4. The van der Waals surface area contributed by atoms with E-state index in [9.17, 15) is 4.79 Å². The standard InChI is InChI=1S/C17H31N3O2.2ClH/c1-12-11-22-8-7-20(12)6-5-19-17(21)15-9-13-3-2-4-14(10-15)16(13)18;;/h12-16H,2-11,18H2,1H3,(H,19,21);2*1H. The largest absolute Gasteiger partial charge is 0.379 e. The summed E-state index contributed by atoms with van der Waals surface area (Å²) in [6.07, 6.45) is 5.72. The van der Waals surface area contributed by atoms with E-state index in [2.05, 4.69) is 17.1 Å². The first kappa shape index (κ1) is 22.0. The Kier molecular flexibility index (Phi) is 9.31. The van der Waals surface area contributed by atoms with Crippen molar-refractivity contribution in [2.75, 3.05) is 32.8 Å². The highest BCUT2D eigenvalue weighted by atomic mass is 35.5. The molecule has 1 amide bonds.